The monoisotopic (exact) mass is 278 g/mol. The number of hydrogen-bond acceptors (Lipinski definition) is 7. The van der Waals surface area contributed by atoms with Gasteiger partial charge < -0.3 is 11.1 Å². The Hall–Kier alpha value is -1.89. The van der Waals surface area contributed by atoms with Crippen LogP contribution in [0.2, 0.25) is 0 Å². The molecule has 19 heavy (non-hydrogen) atoms. The molecule has 2 atom stereocenters. The van der Waals surface area contributed by atoms with Crippen molar-refractivity contribution in [1.29, 1.82) is 0 Å². The van der Waals surface area contributed by atoms with Crippen molar-refractivity contribution in [2.45, 2.75) is 31.2 Å². The zero-order valence-electron chi connectivity index (χ0n) is 10.2. The van der Waals surface area contributed by atoms with E-state index in [0.29, 0.717) is 18.7 Å². The van der Waals surface area contributed by atoms with E-state index in [2.05, 4.69) is 26.3 Å². The van der Waals surface area contributed by atoms with E-state index in [1.165, 1.54) is 4.88 Å². The molecule has 0 bridgehead atoms. The average Bonchev–Trinajstić information content (AvgIpc) is 3.01. The Morgan fingerprint density at radius 3 is 3.00 bits per heavy atom. The molecule has 3 rings (SSSR count). The Bertz CT molecular complexity index is 566. The van der Waals surface area contributed by atoms with E-state index < -0.39 is 0 Å². The molecule has 1 saturated carbocycles. The topological polar surface area (TPSA) is 94.0 Å². The van der Waals surface area contributed by atoms with Gasteiger partial charge in [0, 0.05) is 29.7 Å². The third kappa shape index (κ3) is 2.60. The highest BCUT2D eigenvalue weighted by atomic mass is 32.1. The number of anilines is 2. The van der Waals surface area contributed by atoms with E-state index in [0.717, 1.165) is 6.42 Å². The lowest BCUT2D eigenvalue weighted by molar-refractivity contribution is -0.120. The predicted octanol–water partition coefficient (Wildman–Crippen LogP) is 2.03. The molecule has 2 aromatic rings. The first-order valence-corrected chi connectivity index (χ1v) is 7.00. The quantitative estimate of drug-likeness (QED) is 0.892. The van der Waals surface area contributed by atoms with Gasteiger partial charge in [-0.05, 0) is 28.2 Å². The van der Waals surface area contributed by atoms with E-state index in [4.69, 9.17) is 5.73 Å². The van der Waals surface area contributed by atoms with Gasteiger partial charge in [0.15, 0.2) is 0 Å². The van der Waals surface area contributed by atoms with Crippen LogP contribution in [0.1, 0.15) is 30.1 Å². The molecule has 0 aliphatic heterocycles. The third-order valence-electron chi connectivity index (χ3n) is 3.32. The van der Waals surface area contributed by atoms with Crippen LogP contribution in [-0.2, 0) is 4.79 Å². The van der Waals surface area contributed by atoms with Gasteiger partial charge in [0.1, 0.15) is 5.78 Å². The molecule has 1 aliphatic rings. The second-order valence-corrected chi connectivity index (χ2v) is 5.71. The molecule has 2 heterocycles. The summed E-state index contributed by atoms with van der Waals surface area (Å²) in [6.07, 6.45) is 2.00. The lowest BCUT2D eigenvalue weighted by Gasteiger charge is -2.28. The summed E-state index contributed by atoms with van der Waals surface area (Å²) in [7, 11) is 0. The number of thiophene rings is 1. The van der Waals surface area contributed by atoms with Crippen LogP contribution in [0.25, 0.3) is 0 Å². The molecule has 7 heteroatoms. The van der Waals surface area contributed by atoms with Gasteiger partial charge in [-0.15, -0.1) is 11.3 Å². The van der Waals surface area contributed by atoms with Crippen molar-refractivity contribution in [3.63, 3.8) is 0 Å². The molecule has 0 radical (unpaired) electrons. The molecule has 0 saturated heterocycles. The minimum Gasteiger partial charge on any atom is -0.378 e. The highest BCUT2D eigenvalue weighted by Crippen LogP contribution is 2.35. The van der Waals surface area contributed by atoms with Gasteiger partial charge in [0.05, 0.1) is 0 Å². The smallest absolute Gasteiger partial charge is 0.215 e. The zero-order chi connectivity index (χ0) is 13.2. The SMILES string of the molecule is Nc1nonc1N[C@H]1CC(=O)C[C@@H](c2cccs2)C1. The largest absolute Gasteiger partial charge is 0.378 e. The van der Waals surface area contributed by atoms with E-state index in [1.54, 1.807) is 11.3 Å². The molecule has 0 unspecified atom stereocenters. The maximum absolute atomic E-state index is 11.9. The number of hydrogen-bond donors (Lipinski definition) is 2. The lowest BCUT2D eigenvalue weighted by atomic mass is 9.84. The first kappa shape index (κ1) is 12.2. The number of nitrogens with one attached hydrogen (secondary N) is 1. The summed E-state index contributed by atoms with van der Waals surface area (Å²) in [6.45, 7) is 0. The number of Topliss-reactive ketones (excluding diaryl/α,β-unsaturated/α-hetero) is 1. The van der Waals surface area contributed by atoms with Crippen molar-refractivity contribution in [3.8, 4) is 0 Å². The van der Waals surface area contributed by atoms with E-state index in [-0.39, 0.29) is 23.6 Å². The Balaban J connectivity index is 1.72. The van der Waals surface area contributed by atoms with E-state index in [1.807, 2.05) is 11.4 Å². The minimum absolute atomic E-state index is 0.0301. The number of nitrogens with zero attached hydrogens (tertiary/aromatic N) is 2. The molecule has 0 spiro atoms. The third-order valence-corrected chi connectivity index (χ3v) is 4.35. The number of nitrogen functional groups attached to an aromatic ring is 1. The zero-order valence-corrected chi connectivity index (χ0v) is 11.0. The van der Waals surface area contributed by atoms with Gasteiger partial charge in [0.25, 0.3) is 0 Å². The van der Waals surface area contributed by atoms with Crippen LogP contribution >= 0.6 is 11.3 Å². The van der Waals surface area contributed by atoms with Gasteiger partial charge in [-0.25, -0.2) is 4.63 Å². The maximum Gasteiger partial charge on any atom is 0.215 e. The summed E-state index contributed by atoms with van der Waals surface area (Å²) in [4.78, 5) is 13.1. The molecule has 6 nitrogen and oxygen atoms in total. The Morgan fingerprint density at radius 2 is 2.32 bits per heavy atom. The summed E-state index contributed by atoms with van der Waals surface area (Å²) in [5.41, 5.74) is 5.61. The number of nitrogens with two attached hydrogens (primary N) is 1. The number of rotatable bonds is 3. The Morgan fingerprint density at radius 1 is 1.42 bits per heavy atom. The van der Waals surface area contributed by atoms with Crippen molar-refractivity contribution in [1.82, 2.24) is 10.3 Å². The van der Waals surface area contributed by atoms with Gasteiger partial charge in [-0.3, -0.25) is 4.79 Å². The summed E-state index contributed by atoms with van der Waals surface area (Å²) in [5, 5.41) is 12.4. The lowest BCUT2D eigenvalue weighted by Crippen LogP contribution is -2.31. The van der Waals surface area contributed by atoms with Crippen molar-refractivity contribution < 1.29 is 9.42 Å². The summed E-state index contributed by atoms with van der Waals surface area (Å²) < 4.78 is 4.54. The molecule has 0 aromatic carbocycles. The molecule has 1 aliphatic carbocycles. The Kier molecular flexibility index (Phi) is 3.20. The highest BCUT2D eigenvalue weighted by Gasteiger charge is 2.29. The summed E-state index contributed by atoms with van der Waals surface area (Å²) >= 11 is 1.69. The summed E-state index contributed by atoms with van der Waals surface area (Å²) in [6, 6.07) is 4.13. The van der Waals surface area contributed by atoms with Crippen LogP contribution in [0.5, 0.6) is 0 Å². The number of carbonyl (C=O) groups is 1. The second-order valence-electron chi connectivity index (χ2n) is 4.73. The average molecular weight is 278 g/mol. The van der Waals surface area contributed by atoms with Crippen molar-refractivity contribution in [2.24, 2.45) is 0 Å². The van der Waals surface area contributed by atoms with Crippen LogP contribution < -0.4 is 11.1 Å². The highest BCUT2D eigenvalue weighted by molar-refractivity contribution is 7.10. The molecule has 1 fully saturated rings. The fraction of sp³-hybridized carbons (Fsp3) is 0.417. The van der Waals surface area contributed by atoms with Crippen molar-refractivity contribution >= 4 is 28.8 Å². The fourth-order valence-corrected chi connectivity index (χ4v) is 3.33. The normalized spacial score (nSPS) is 23.5. The van der Waals surface area contributed by atoms with Crippen LogP contribution in [-0.4, -0.2) is 22.1 Å². The standard InChI is InChI=1S/C12H14N4O2S/c13-11-12(16-18-15-11)14-8-4-7(5-9(17)6-8)10-2-1-3-19-10/h1-3,7-8H,4-6H2,(H2,13,15)(H,14,16)/t7-,8+/m0/s1. The fourth-order valence-electron chi connectivity index (χ4n) is 2.48. The van der Waals surface area contributed by atoms with E-state index in [9.17, 15) is 4.79 Å². The molecule has 3 N–H and O–H groups in total. The van der Waals surface area contributed by atoms with Gasteiger partial charge in [-0.2, -0.15) is 0 Å². The minimum atomic E-state index is 0.0301. The van der Waals surface area contributed by atoms with Crippen LogP contribution in [0, 0.1) is 0 Å². The van der Waals surface area contributed by atoms with Crippen molar-refractivity contribution in [3.05, 3.63) is 22.4 Å². The van der Waals surface area contributed by atoms with Crippen LogP contribution in [0.15, 0.2) is 22.1 Å². The molecule has 2 aromatic heterocycles. The molecular weight excluding hydrogens is 264 g/mol. The maximum atomic E-state index is 11.9. The Labute approximate surface area is 114 Å². The molecular formula is C12H14N4O2S. The van der Waals surface area contributed by atoms with E-state index >= 15 is 0 Å². The van der Waals surface area contributed by atoms with Gasteiger partial charge >= 0.3 is 0 Å². The number of aromatic nitrogens is 2. The first-order chi connectivity index (χ1) is 9.22. The second kappa shape index (κ2) is 5.00. The van der Waals surface area contributed by atoms with Gasteiger partial charge in [-0.1, -0.05) is 6.07 Å². The van der Waals surface area contributed by atoms with Gasteiger partial charge in [0.2, 0.25) is 11.6 Å². The first-order valence-electron chi connectivity index (χ1n) is 6.12. The van der Waals surface area contributed by atoms with Crippen molar-refractivity contribution in [2.75, 3.05) is 11.1 Å². The molecule has 0 amide bonds. The van der Waals surface area contributed by atoms with Crippen LogP contribution in [0.4, 0.5) is 11.6 Å². The summed E-state index contributed by atoms with van der Waals surface area (Å²) in [5.74, 6) is 1.19. The number of ketones is 1. The van der Waals surface area contributed by atoms with Crippen LogP contribution in [0.3, 0.4) is 0 Å². The number of carbonyl (C=O) groups excluding carboxylic acids is 1. The predicted molar refractivity (Wildman–Crippen MR) is 72.0 cm³/mol. The molecule has 100 valence electrons.